The molecule has 0 aliphatic carbocycles. The summed E-state index contributed by atoms with van der Waals surface area (Å²) in [6, 6.07) is 6.60. The van der Waals surface area contributed by atoms with Crippen LogP contribution in [0.5, 0.6) is 0 Å². The lowest BCUT2D eigenvalue weighted by molar-refractivity contribution is 0.0257. The second-order valence-corrected chi connectivity index (χ2v) is 8.92. The van der Waals surface area contributed by atoms with E-state index in [0.29, 0.717) is 27.7 Å². The van der Waals surface area contributed by atoms with Gasteiger partial charge in [-0.2, -0.15) is 4.80 Å². The van der Waals surface area contributed by atoms with Gasteiger partial charge in [-0.1, -0.05) is 44.5 Å². The van der Waals surface area contributed by atoms with Crippen molar-refractivity contribution in [3.63, 3.8) is 0 Å². The number of ketones is 1. The molecule has 1 aromatic carbocycles. The molecule has 1 fully saturated rings. The number of rotatable bonds is 4. The van der Waals surface area contributed by atoms with Crippen molar-refractivity contribution < 1.29 is 13.6 Å². The molecule has 0 unspecified atom stereocenters. The number of halogens is 3. The van der Waals surface area contributed by atoms with Gasteiger partial charge in [-0.05, 0) is 12.1 Å². The maximum Gasteiger partial charge on any atom is 0.266 e. The van der Waals surface area contributed by atoms with Crippen molar-refractivity contribution >= 4 is 34.4 Å². The van der Waals surface area contributed by atoms with Gasteiger partial charge in [0.2, 0.25) is 5.65 Å². The Morgan fingerprint density at radius 2 is 2.00 bits per heavy atom. The van der Waals surface area contributed by atoms with E-state index in [1.165, 1.54) is 9.70 Å². The number of benzene rings is 1. The Morgan fingerprint density at radius 3 is 2.63 bits per heavy atom. The Balaban J connectivity index is 1.73. The monoisotopic (exact) mass is 434 g/mol. The molecule has 1 saturated heterocycles. The number of carbonyl (C=O) groups excluding carboxylic acids is 1. The van der Waals surface area contributed by atoms with Gasteiger partial charge in [0.1, 0.15) is 12.4 Å². The molecular formula is C20H21ClF2N6O. The Bertz CT molecular complexity index is 1120. The SMILES string of the molecule is CC(C)(C)c1nc(N2CCC(F)(F)C2)c2nn(CC(=O)c3cccc(Cl)c3)nc2n1. The zero-order chi connectivity index (χ0) is 21.7. The Kier molecular flexibility index (Phi) is 4.96. The molecule has 3 aromatic rings. The zero-order valence-corrected chi connectivity index (χ0v) is 17.6. The highest BCUT2D eigenvalue weighted by molar-refractivity contribution is 6.31. The first kappa shape index (κ1) is 20.6. The molecule has 1 aliphatic rings. The van der Waals surface area contributed by atoms with Crippen LogP contribution in [0.3, 0.4) is 0 Å². The highest BCUT2D eigenvalue weighted by Crippen LogP contribution is 2.33. The number of nitrogens with zero attached hydrogens (tertiary/aromatic N) is 6. The number of aromatic nitrogens is 5. The average molecular weight is 435 g/mol. The van der Waals surface area contributed by atoms with Gasteiger partial charge in [0.15, 0.2) is 17.1 Å². The minimum Gasteiger partial charge on any atom is -0.348 e. The van der Waals surface area contributed by atoms with Crippen molar-refractivity contribution in [1.29, 1.82) is 0 Å². The summed E-state index contributed by atoms with van der Waals surface area (Å²) >= 11 is 5.96. The predicted molar refractivity (Wildman–Crippen MR) is 109 cm³/mol. The summed E-state index contributed by atoms with van der Waals surface area (Å²) in [7, 11) is 0. The molecule has 0 N–H and O–H groups in total. The van der Waals surface area contributed by atoms with Gasteiger partial charge in [-0.25, -0.2) is 18.7 Å². The van der Waals surface area contributed by atoms with Crippen molar-refractivity contribution in [2.24, 2.45) is 0 Å². The largest absolute Gasteiger partial charge is 0.348 e. The van der Waals surface area contributed by atoms with Gasteiger partial charge in [0.25, 0.3) is 5.92 Å². The summed E-state index contributed by atoms with van der Waals surface area (Å²) in [5.41, 5.74) is 0.606. The summed E-state index contributed by atoms with van der Waals surface area (Å²) < 4.78 is 27.7. The maximum absolute atomic E-state index is 13.8. The van der Waals surface area contributed by atoms with Crippen LogP contribution in [0.15, 0.2) is 24.3 Å². The first-order chi connectivity index (χ1) is 14.0. The topological polar surface area (TPSA) is 76.8 Å². The third kappa shape index (κ3) is 4.12. The van der Waals surface area contributed by atoms with E-state index in [9.17, 15) is 13.6 Å². The van der Waals surface area contributed by atoms with Crippen molar-refractivity contribution in [3.05, 3.63) is 40.7 Å². The first-order valence-electron chi connectivity index (χ1n) is 9.57. The molecule has 0 bridgehead atoms. The summed E-state index contributed by atoms with van der Waals surface area (Å²) in [6.07, 6.45) is -0.245. The van der Waals surface area contributed by atoms with Crippen LogP contribution >= 0.6 is 11.6 Å². The number of anilines is 1. The Labute approximate surface area is 177 Å². The third-order valence-corrected chi connectivity index (χ3v) is 5.08. The predicted octanol–water partition coefficient (Wildman–Crippen LogP) is 3.90. The van der Waals surface area contributed by atoms with Crippen LogP contribution in [-0.2, 0) is 12.0 Å². The molecule has 0 radical (unpaired) electrons. The van der Waals surface area contributed by atoms with Gasteiger partial charge >= 0.3 is 0 Å². The molecule has 0 spiro atoms. The second-order valence-electron chi connectivity index (χ2n) is 8.48. The Morgan fingerprint density at radius 1 is 1.23 bits per heavy atom. The van der Waals surface area contributed by atoms with E-state index in [-0.39, 0.29) is 30.9 Å². The van der Waals surface area contributed by atoms with Crippen LogP contribution in [-0.4, -0.2) is 49.8 Å². The van der Waals surface area contributed by atoms with Crippen molar-refractivity contribution in [1.82, 2.24) is 25.0 Å². The highest BCUT2D eigenvalue weighted by Gasteiger charge is 2.40. The van der Waals surface area contributed by atoms with Crippen LogP contribution in [0.25, 0.3) is 11.2 Å². The van der Waals surface area contributed by atoms with Crippen LogP contribution in [0.1, 0.15) is 43.4 Å². The number of Topliss-reactive ketones (excluding diaryl/α,β-unsaturated/α-hetero) is 1. The number of alkyl halides is 2. The molecule has 30 heavy (non-hydrogen) atoms. The molecule has 158 valence electrons. The first-order valence-corrected chi connectivity index (χ1v) is 9.94. The summed E-state index contributed by atoms with van der Waals surface area (Å²) in [6.45, 7) is 5.40. The van der Waals surface area contributed by atoms with Crippen molar-refractivity contribution in [3.8, 4) is 0 Å². The molecular weight excluding hydrogens is 414 g/mol. The lowest BCUT2D eigenvalue weighted by Crippen LogP contribution is -2.27. The molecule has 7 nitrogen and oxygen atoms in total. The number of carbonyl (C=O) groups is 1. The second kappa shape index (κ2) is 7.23. The average Bonchev–Trinajstić information content (AvgIpc) is 3.22. The molecule has 0 saturated carbocycles. The fourth-order valence-electron chi connectivity index (χ4n) is 3.26. The van der Waals surface area contributed by atoms with E-state index < -0.39 is 17.9 Å². The fourth-order valence-corrected chi connectivity index (χ4v) is 3.45. The molecule has 3 heterocycles. The normalized spacial score (nSPS) is 16.4. The highest BCUT2D eigenvalue weighted by atomic mass is 35.5. The lowest BCUT2D eigenvalue weighted by Gasteiger charge is -2.21. The van der Waals surface area contributed by atoms with Crippen molar-refractivity contribution in [2.45, 2.75) is 45.1 Å². The number of fused-ring (bicyclic) bond motifs is 1. The zero-order valence-electron chi connectivity index (χ0n) is 16.9. The van der Waals surface area contributed by atoms with E-state index in [2.05, 4.69) is 20.2 Å². The summed E-state index contributed by atoms with van der Waals surface area (Å²) in [5, 5.41) is 9.14. The standard InChI is InChI=1S/C20H21ClF2N6O/c1-19(2,3)18-24-16-15(17(25-18)28-8-7-20(22,23)11-28)26-29(27-16)10-14(30)12-5-4-6-13(21)9-12/h4-6,9H,7-8,10-11H2,1-3H3. The van der Waals surface area contributed by atoms with Crippen LogP contribution in [0.4, 0.5) is 14.6 Å². The molecule has 0 amide bonds. The van der Waals surface area contributed by atoms with E-state index in [1.54, 1.807) is 24.3 Å². The minimum atomic E-state index is -2.78. The van der Waals surface area contributed by atoms with Gasteiger partial charge in [0, 0.05) is 29.0 Å². The van der Waals surface area contributed by atoms with Crippen LogP contribution in [0.2, 0.25) is 5.02 Å². The molecule has 0 atom stereocenters. The van der Waals surface area contributed by atoms with E-state index in [4.69, 9.17) is 11.6 Å². The minimum absolute atomic E-state index is 0.128. The van der Waals surface area contributed by atoms with Gasteiger partial charge in [-0.15, -0.1) is 10.2 Å². The summed E-state index contributed by atoms with van der Waals surface area (Å²) in [5.74, 6) is -2.20. The van der Waals surface area contributed by atoms with E-state index in [1.807, 2.05) is 20.8 Å². The maximum atomic E-state index is 13.8. The van der Waals surface area contributed by atoms with Gasteiger partial charge < -0.3 is 4.90 Å². The van der Waals surface area contributed by atoms with E-state index in [0.717, 1.165) is 0 Å². The smallest absolute Gasteiger partial charge is 0.266 e. The summed E-state index contributed by atoms with van der Waals surface area (Å²) in [4.78, 5) is 24.4. The quantitative estimate of drug-likeness (QED) is 0.579. The molecule has 4 rings (SSSR count). The van der Waals surface area contributed by atoms with Gasteiger partial charge in [0.05, 0.1) is 6.54 Å². The van der Waals surface area contributed by atoms with E-state index >= 15 is 0 Å². The third-order valence-electron chi connectivity index (χ3n) is 4.84. The van der Waals surface area contributed by atoms with Crippen LogP contribution < -0.4 is 4.90 Å². The Hall–Kier alpha value is -2.68. The molecule has 10 heteroatoms. The van der Waals surface area contributed by atoms with Crippen molar-refractivity contribution in [2.75, 3.05) is 18.0 Å². The van der Waals surface area contributed by atoms with Crippen LogP contribution in [0, 0.1) is 0 Å². The molecule has 1 aliphatic heterocycles. The van der Waals surface area contributed by atoms with Gasteiger partial charge in [-0.3, -0.25) is 4.79 Å². The fraction of sp³-hybridized carbons (Fsp3) is 0.450. The lowest BCUT2D eigenvalue weighted by atomic mass is 9.96. The number of hydrogen-bond donors (Lipinski definition) is 0. The molecule has 2 aromatic heterocycles. The number of hydrogen-bond acceptors (Lipinski definition) is 6.